The number of fused-ring (bicyclic) bond motifs is 1. The third-order valence-electron chi connectivity index (χ3n) is 3.98. The number of piperidine rings is 1. The van der Waals surface area contributed by atoms with Gasteiger partial charge in [0.25, 0.3) is 0 Å². The van der Waals surface area contributed by atoms with Crippen LogP contribution in [0.25, 0.3) is 0 Å². The number of nitrogens with one attached hydrogen (secondary N) is 3. The second kappa shape index (κ2) is 5.63. The van der Waals surface area contributed by atoms with Gasteiger partial charge in [-0.2, -0.15) is 0 Å². The Balaban J connectivity index is 1.68. The second-order valence-electron chi connectivity index (χ2n) is 5.43. The Labute approximate surface area is 118 Å². The van der Waals surface area contributed by atoms with Gasteiger partial charge in [-0.15, -0.1) is 0 Å². The van der Waals surface area contributed by atoms with Crippen LogP contribution in [-0.4, -0.2) is 24.9 Å². The van der Waals surface area contributed by atoms with Gasteiger partial charge in [0.05, 0.1) is 0 Å². The Bertz CT molecular complexity index is 536. The number of hydrogen-bond donors (Lipinski definition) is 3. The molecule has 2 heterocycles. The SMILES string of the molecule is O=C1CCc2cc(NC(=O)C3CCNCC3)ccc2N1. The Kier molecular flexibility index (Phi) is 3.69. The number of hydrogen-bond acceptors (Lipinski definition) is 3. The lowest BCUT2D eigenvalue weighted by Crippen LogP contribution is -2.34. The highest BCUT2D eigenvalue weighted by molar-refractivity contribution is 5.96. The van der Waals surface area contributed by atoms with Crippen molar-refractivity contribution in [2.75, 3.05) is 23.7 Å². The molecule has 0 unspecified atom stereocenters. The van der Waals surface area contributed by atoms with Gasteiger partial charge in [-0.25, -0.2) is 0 Å². The molecule has 1 fully saturated rings. The van der Waals surface area contributed by atoms with E-state index in [-0.39, 0.29) is 17.7 Å². The zero-order valence-corrected chi connectivity index (χ0v) is 11.4. The summed E-state index contributed by atoms with van der Waals surface area (Å²) in [5.41, 5.74) is 2.78. The standard InChI is InChI=1S/C15H19N3O2/c19-14-4-1-11-9-12(2-3-13(11)18-14)17-15(20)10-5-7-16-8-6-10/h2-3,9-10,16H,1,4-8H2,(H,17,20)(H,18,19). The van der Waals surface area contributed by atoms with E-state index in [1.54, 1.807) is 0 Å². The van der Waals surface area contributed by atoms with E-state index in [0.29, 0.717) is 6.42 Å². The predicted molar refractivity (Wildman–Crippen MR) is 77.6 cm³/mol. The second-order valence-corrected chi connectivity index (χ2v) is 5.43. The van der Waals surface area contributed by atoms with Crippen LogP contribution in [0.2, 0.25) is 0 Å². The monoisotopic (exact) mass is 273 g/mol. The summed E-state index contributed by atoms with van der Waals surface area (Å²) >= 11 is 0. The van der Waals surface area contributed by atoms with Gasteiger partial charge in [0.15, 0.2) is 0 Å². The molecular formula is C15H19N3O2. The number of anilines is 2. The molecule has 2 aliphatic heterocycles. The van der Waals surface area contributed by atoms with Gasteiger partial charge < -0.3 is 16.0 Å². The summed E-state index contributed by atoms with van der Waals surface area (Å²) in [6.07, 6.45) is 3.04. The summed E-state index contributed by atoms with van der Waals surface area (Å²) in [5, 5.41) is 9.10. The van der Waals surface area contributed by atoms with E-state index in [1.807, 2.05) is 18.2 Å². The third kappa shape index (κ3) is 2.82. The minimum absolute atomic E-state index is 0.0593. The van der Waals surface area contributed by atoms with Crippen molar-refractivity contribution >= 4 is 23.2 Å². The molecule has 0 bridgehead atoms. The number of amides is 2. The van der Waals surface area contributed by atoms with E-state index in [1.165, 1.54) is 0 Å². The Morgan fingerprint density at radius 3 is 2.80 bits per heavy atom. The maximum absolute atomic E-state index is 12.2. The fourth-order valence-corrected chi connectivity index (χ4v) is 2.79. The van der Waals surface area contributed by atoms with E-state index < -0.39 is 0 Å². The van der Waals surface area contributed by atoms with Gasteiger partial charge >= 0.3 is 0 Å². The first-order chi connectivity index (χ1) is 9.72. The van der Waals surface area contributed by atoms with Gasteiger partial charge in [-0.05, 0) is 56.1 Å². The van der Waals surface area contributed by atoms with E-state index in [2.05, 4.69) is 16.0 Å². The zero-order chi connectivity index (χ0) is 13.9. The van der Waals surface area contributed by atoms with E-state index in [9.17, 15) is 9.59 Å². The summed E-state index contributed by atoms with van der Waals surface area (Å²) in [5.74, 6) is 0.266. The van der Waals surface area contributed by atoms with Crippen molar-refractivity contribution in [1.29, 1.82) is 0 Å². The molecule has 0 saturated carbocycles. The molecule has 106 valence electrons. The molecule has 2 aliphatic rings. The molecule has 5 heteroatoms. The molecule has 3 rings (SSSR count). The first kappa shape index (κ1) is 13.1. The van der Waals surface area contributed by atoms with Crippen molar-refractivity contribution in [2.24, 2.45) is 5.92 Å². The van der Waals surface area contributed by atoms with Gasteiger partial charge in [0.2, 0.25) is 11.8 Å². The predicted octanol–water partition coefficient (Wildman–Crippen LogP) is 1.51. The molecule has 1 aromatic rings. The summed E-state index contributed by atoms with van der Waals surface area (Å²) in [4.78, 5) is 23.5. The molecule has 1 aromatic carbocycles. The maximum atomic E-state index is 12.2. The van der Waals surface area contributed by atoms with Crippen molar-refractivity contribution in [3.8, 4) is 0 Å². The highest BCUT2D eigenvalue weighted by Gasteiger charge is 2.21. The van der Waals surface area contributed by atoms with Gasteiger partial charge in [0, 0.05) is 23.7 Å². The minimum Gasteiger partial charge on any atom is -0.326 e. The van der Waals surface area contributed by atoms with E-state index in [4.69, 9.17) is 0 Å². The maximum Gasteiger partial charge on any atom is 0.227 e. The van der Waals surface area contributed by atoms with E-state index >= 15 is 0 Å². The van der Waals surface area contributed by atoms with Crippen LogP contribution < -0.4 is 16.0 Å². The van der Waals surface area contributed by atoms with Crippen molar-refractivity contribution in [3.63, 3.8) is 0 Å². The Morgan fingerprint density at radius 1 is 1.20 bits per heavy atom. The van der Waals surface area contributed by atoms with Crippen LogP contribution in [0.4, 0.5) is 11.4 Å². The normalized spacial score (nSPS) is 19.1. The van der Waals surface area contributed by atoms with Gasteiger partial charge in [0.1, 0.15) is 0 Å². The number of carbonyl (C=O) groups is 2. The smallest absolute Gasteiger partial charge is 0.227 e. The molecule has 0 radical (unpaired) electrons. The lowest BCUT2D eigenvalue weighted by Gasteiger charge is -2.22. The van der Waals surface area contributed by atoms with Gasteiger partial charge in [-0.1, -0.05) is 0 Å². The van der Waals surface area contributed by atoms with Crippen LogP contribution in [-0.2, 0) is 16.0 Å². The van der Waals surface area contributed by atoms with Crippen LogP contribution in [0.1, 0.15) is 24.8 Å². The quantitative estimate of drug-likeness (QED) is 0.765. The van der Waals surface area contributed by atoms with Crippen LogP contribution in [0.3, 0.4) is 0 Å². The number of aryl methyl sites for hydroxylation is 1. The van der Waals surface area contributed by atoms with E-state index in [0.717, 1.165) is 49.3 Å². The molecule has 3 N–H and O–H groups in total. The summed E-state index contributed by atoms with van der Waals surface area (Å²) in [6, 6.07) is 5.68. The van der Waals surface area contributed by atoms with Crippen molar-refractivity contribution < 1.29 is 9.59 Å². The molecule has 0 spiro atoms. The highest BCUT2D eigenvalue weighted by atomic mass is 16.2. The van der Waals surface area contributed by atoms with Crippen LogP contribution in [0, 0.1) is 5.92 Å². The lowest BCUT2D eigenvalue weighted by molar-refractivity contribution is -0.120. The average molecular weight is 273 g/mol. The molecule has 5 nitrogen and oxygen atoms in total. The molecule has 2 amide bonds. The largest absolute Gasteiger partial charge is 0.326 e. The third-order valence-corrected chi connectivity index (χ3v) is 3.98. The van der Waals surface area contributed by atoms with Crippen molar-refractivity contribution in [2.45, 2.75) is 25.7 Å². The number of benzene rings is 1. The molecule has 1 saturated heterocycles. The lowest BCUT2D eigenvalue weighted by atomic mass is 9.97. The van der Waals surface area contributed by atoms with Crippen LogP contribution in [0.15, 0.2) is 18.2 Å². The number of carbonyl (C=O) groups excluding carboxylic acids is 2. The van der Waals surface area contributed by atoms with Crippen molar-refractivity contribution in [1.82, 2.24) is 5.32 Å². The Morgan fingerprint density at radius 2 is 2.00 bits per heavy atom. The molecule has 0 aliphatic carbocycles. The summed E-state index contributed by atoms with van der Waals surface area (Å²) in [7, 11) is 0. The molecule has 0 atom stereocenters. The van der Waals surface area contributed by atoms with Crippen LogP contribution >= 0.6 is 0 Å². The zero-order valence-electron chi connectivity index (χ0n) is 11.4. The Hall–Kier alpha value is -1.88. The highest BCUT2D eigenvalue weighted by Crippen LogP contribution is 2.26. The topological polar surface area (TPSA) is 70.2 Å². The average Bonchev–Trinajstić information content (AvgIpc) is 2.48. The van der Waals surface area contributed by atoms with Crippen molar-refractivity contribution in [3.05, 3.63) is 23.8 Å². The molecular weight excluding hydrogens is 254 g/mol. The summed E-state index contributed by atoms with van der Waals surface area (Å²) < 4.78 is 0. The first-order valence-corrected chi connectivity index (χ1v) is 7.17. The molecule has 20 heavy (non-hydrogen) atoms. The first-order valence-electron chi connectivity index (χ1n) is 7.17. The van der Waals surface area contributed by atoms with Gasteiger partial charge in [-0.3, -0.25) is 9.59 Å². The molecule has 0 aromatic heterocycles. The fraction of sp³-hybridized carbons (Fsp3) is 0.467. The number of rotatable bonds is 2. The minimum atomic E-state index is 0.0593. The van der Waals surface area contributed by atoms with Crippen LogP contribution in [0.5, 0.6) is 0 Å². The fourth-order valence-electron chi connectivity index (χ4n) is 2.79. The summed E-state index contributed by atoms with van der Waals surface area (Å²) in [6.45, 7) is 1.82.